The van der Waals surface area contributed by atoms with Crippen molar-refractivity contribution in [1.82, 2.24) is 4.72 Å². The smallest absolute Gasteiger partial charge is 0.336 e. The Bertz CT molecular complexity index is 596. The van der Waals surface area contributed by atoms with Crippen LogP contribution in [0.4, 0.5) is 8.78 Å². The number of carbonyl (C=O) groups is 1. The van der Waals surface area contributed by atoms with E-state index < -0.39 is 28.0 Å². The Labute approximate surface area is 112 Å². The van der Waals surface area contributed by atoms with Gasteiger partial charge in [-0.05, 0) is 18.9 Å². The van der Waals surface area contributed by atoms with Crippen molar-refractivity contribution in [2.24, 2.45) is 0 Å². The van der Waals surface area contributed by atoms with Crippen molar-refractivity contribution in [3.8, 4) is 0 Å². The largest absolute Gasteiger partial charge is 0.478 e. The number of nitrogens with one attached hydrogen (secondary N) is 1. The van der Waals surface area contributed by atoms with Crippen LogP contribution in [-0.4, -0.2) is 31.5 Å². The lowest BCUT2D eigenvalue weighted by Crippen LogP contribution is -2.43. The van der Waals surface area contributed by atoms with Crippen LogP contribution < -0.4 is 4.72 Å². The average Bonchev–Trinajstić information content (AvgIpc) is 2.86. The van der Waals surface area contributed by atoms with Crippen LogP contribution in [0.5, 0.6) is 0 Å². The van der Waals surface area contributed by atoms with Crippen molar-refractivity contribution in [2.75, 3.05) is 0 Å². The lowest BCUT2D eigenvalue weighted by Gasteiger charge is -2.19. The number of sulfonamides is 1. The molecule has 2 N–H and O–H groups in total. The van der Waals surface area contributed by atoms with Gasteiger partial charge in [-0.25, -0.2) is 26.7 Å². The first kappa shape index (κ1) is 14.4. The van der Waals surface area contributed by atoms with Crippen molar-refractivity contribution < 1.29 is 27.1 Å². The van der Waals surface area contributed by atoms with Crippen LogP contribution in [0.25, 0.3) is 0 Å². The van der Waals surface area contributed by atoms with Crippen LogP contribution in [0.2, 0.25) is 0 Å². The van der Waals surface area contributed by atoms with Crippen LogP contribution in [0.3, 0.4) is 0 Å². The van der Waals surface area contributed by atoms with Crippen molar-refractivity contribution >= 4 is 27.3 Å². The van der Waals surface area contributed by atoms with Crippen molar-refractivity contribution in [3.05, 3.63) is 17.0 Å². The maximum Gasteiger partial charge on any atom is 0.336 e. The van der Waals surface area contributed by atoms with Gasteiger partial charge in [-0.15, -0.1) is 11.3 Å². The minimum atomic E-state index is -4.10. The fraction of sp³-hybridized carbons (Fsp3) is 0.500. The standard InChI is InChI=1S/C10H11F2NO4S2/c11-10(12)3-1-2-7(10)13-19(16,17)8-4-6(5-18-8)9(14)15/h4-5,7,13H,1-3H2,(H,14,15). The summed E-state index contributed by atoms with van der Waals surface area (Å²) in [5.41, 5.74) is -0.177. The number of aromatic carboxylic acids is 1. The third kappa shape index (κ3) is 2.93. The summed E-state index contributed by atoms with van der Waals surface area (Å²) in [6.07, 6.45) is -0.0145. The molecule has 1 aliphatic carbocycles. The third-order valence-corrected chi connectivity index (χ3v) is 5.81. The Morgan fingerprint density at radius 1 is 1.53 bits per heavy atom. The van der Waals surface area contributed by atoms with E-state index in [9.17, 15) is 22.0 Å². The molecule has 1 unspecified atom stereocenters. The van der Waals surface area contributed by atoms with E-state index in [1.807, 2.05) is 4.72 Å². The summed E-state index contributed by atoms with van der Waals surface area (Å²) in [4.78, 5) is 10.7. The molecule has 1 aromatic heterocycles. The maximum atomic E-state index is 13.4. The molecule has 0 aromatic carbocycles. The molecular weight excluding hydrogens is 300 g/mol. The molecule has 1 heterocycles. The summed E-state index contributed by atoms with van der Waals surface area (Å²) >= 11 is 0.692. The van der Waals surface area contributed by atoms with Gasteiger partial charge in [0, 0.05) is 11.8 Å². The van der Waals surface area contributed by atoms with Gasteiger partial charge in [0.2, 0.25) is 0 Å². The lowest BCUT2D eigenvalue weighted by molar-refractivity contribution is -0.0113. The number of thiophene rings is 1. The zero-order chi connectivity index (χ0) is 14.3. The first-order chi connectivity index (χ1) is 8.72. The minimum Gasteiger partial charge on any atom is -0.478 e. The van der Waals surface area contributed by atoms with Crippen LogP contribution in [0.1, 0.15) is 29.6 Å². The van der Waals surface area contributed by atoms with Crippen LogP contribution in [0.15, 0.2) is 15.7 Å². The highest BCUT2D eigenvalue weighted by Gasteiger charge is 2.45. The number of hydrogen-bond donors (Lipinski definition) is 2. The van der Waals surface area contributed by atoms with Crippen molar-refractivity contribution in [3.63, 3.8) is 0 Å². The lowest BCUT2D eigenvalue weighted by atomic mass is 10.2. The van der Waals surface area contributed by atoms with Crippen molar-refractivity contribution in [2.45, 2.75) is 35.4 Å². The second kappa shape index (κ2) is 4.80. The van der Waals surface area contributed by atoms with E-state index in [4.69, 9.17) is 5.11 Å². The Kier molecular flexibility index (Phi) is 3.63. The topological polar surface area (TPSA) is 83.5 Å². The monoisotopic (exact) mass is 311 g/mol. The molecule has 0 amide bonds. The SMILES string of the molecule is O=C(O)c1csc(S(=O)(=O)NC2CCCC2(F)F)c1. The molecule has 1 saturated carbocycles. The predicted octanol–water partition coefficient (Wildman–Crippen LogP) is 1.91. The molecule has 5 nitrogen and oxygen atoms in total. The quantitative estimate of drug-likeness (QED) is 0.890. The van der Waals surface area contributed by atoms with Gasteiger partial charge in [-0.3, -0.25) is 0 Å². The number of carboxylic acids is 1. The Hall–Kier alpha value is -1.06. The van der Waals surface area contributed by atoms with E-state index in [0.717, 1.165) is 11.4 Å². The third-order valence-electron chi connectivity index (χ3n) is 2.90. The summed E-state index contributed by atoms with van der Waals surface area (Å²) in [7, 11) is -4.10. The normalized spacial score (nSPS) is 22.5. The number of alkyl halides is 2. The summed E-state index contributed by atoms with van der Waals surface area (Å²) in [6, 6.07) is -0.463. The molecule has 1 aliphatic rings. The molecule has 0 radical (unpaired) electrons. The van der Waals surface area contributed by atoms with Crippen LogP contribution in [-0.2, 0) is 10.0 Å². The van der Waals surface area contributed by atoms with E-state index in [0.29, 0.717) is 11.3 Å². The maximum absolute atomic E-state index is 13.4. The zero-order valence-corrected chi connectivity index (χ0v) is 11.2. The molecule has 1 aromatic rings. The fourth-order valence-corrected chi connectivity index (χ4v) is 4.35. The van der Waals surface area contributed by atoms with Gasteiger partial charge in [0.25, 0.3) is 15.9 Å². The zero-order valence-electron chi connectivity index (χ0n) is 9.60. The van der Waals surface area contributed by atoms with Crippen LogP contribution in [0, 0.1) is 0 Å². The number of carboxylic acid groups (broad SMARTS) is 1. The Morgan fingerprint density at radius 3 is 2.68 bits per heavy atom. The fourth-order valence-electron chi connectivity index (χ4n) is 1.89. The van der Waals surface area contributed by atoms with E-state index in [1.54, 1.807) is 0 Å². The molecule has 1 fully saturated rings. The summed E-state index contributed by atoms with van der Waals surface area (Å²) in [5.74, 6) is -4.32. The van der Waals surface area contributed by atoms with E-state index in [2.05, 4.69) is 0 Å². The van der Waals surface area contributed by atoms with E-state index >= 15 is 0 Å². The first-order valence-electron chi connectivity index (χ1n) is 5.44. The molecule has 106 valence electrons. The molecule has 0 bridgehead atoms. The Morgan fingerprint density at radius 2 is 2.21 bits per heavy atom. The molecule has 0 aliphatic heterocycles. The number of hydrogen-bond acceptors (Lipinski definition) is 4. The van der Waals surface area contributed by atoms with Gasteiger partial charge in [-0.1, -0.05) is 0 Å². The van der Waals surface area contributed by atoms with Crippen molar-refractivity contribution in [1.29, 1.82) is 0 Å². The molecular formula is C10H11F2NO4S2. The second-order valence-electron chi connectivity index (χ2n) is 4.29. The first-order valence-corrected chi connectivity index (χ1v) is 7.81. The van der Waals surface area contributed by atoms with E-state index in [1.165, 1.54) is 0 Å². The molecule has 19 heavy (non-hydrogen) atoms. The van der Waals surface area contributed by atoms with Gasteiger partial charge in [0.05, 0.1) is 11.6 Å². The summed E-state index contributed by atoms with van der Waals surface area (Å²) in [5, 5.41) is 9.86. The highest BCUT2D eigenvalue weighted by molar-refractivity contribution is 7.91. The predicted molar refractivity (Wildman–Crippen MR) is 64.2 cm³/mol. The van der Waals surface area contributed by atoms with E-state index in [-0.39, 0.29) is 29.0 Å². The number of halogens is 2. The van der Waals surface area contributed by atoms with Crippen LogP contribution >= 0.6 is 11.3 Å². The number of rotatable bonds is 4. The summed E-state index contributed by atoms with van der Waals surface area (Å²) < 4.78 is 52.2. The van der Waals surface area contributed by atoms with Gasteiger partial charge >= 0.3 is 5.97 Å². The van der Waals surface area contributed by atoms with Gasteiger partial charge in [0.15, 0.2) is 0 Å². The molecule has 1 atom stereocenters. The average molecular weight is 311 g/mol. The van der Waals surface area contributed by atoms with Gasteiger partial charge in [0.1, 0.15) is 4.21 Å². The van der Waals surface area contributed by atoms with Gasteiger partial charge in [-0.2, -0.15) is 0 Å². The second-order valence-corrected chi connectivity index (χ2v) is 7.14. The molecule has 2 rings (SSSR count). The molecule has 9 heteroatoms. The Balaban J connectivity index is 2.20. The minimum absolute atomic E-state index is 0.0728. The van der Waals surface area contributed by atoms with Gasteiger partial charge < -0.3 is 5.11 Å². The highest BCUT2D eigenvalue weighted by atomic mass is 32.2. The molecule has 0 saturated heterocycles. The molecule has 0 spiro atoms. The highest BCUT2D eigenvalue weighted by Crippen LogP contribution is 2.36. The summed E-state index contributed by atoms with van der Waals surface area (Å²) in [6.45, 7) is 0.